The van der Waals surface area contributed by atoms with Gasteiger partial charge < -0.3 is 20.6 Å². The molecule has 1 saturated carbocycles. The molecule has 1 heterocycles. The smallest absolute Gasteiger partial charge is 0.258 e. The van der Waals surface area contributed by atoms with Crippen molar-refractivity contribution in [2.75, 3.05) is 6.54 Å². The molecule has 4 aromatic carbocycles. The molecule has 0 radical (unpaired) electrons. The van der Waals surface area contributed by atoms with E-state index in [-0.39, 0.29) is 32.4 Å². The predicted octanol–water partition coefficient (Wildman–Crippen LogP) is 6.41. The van der Waals surface area contributed by atoms with Crippen LogP contribution in [-0.2, 0) is 25.7 Å². The highest BCUT2D eigenvalue weighted by Gasteiger charge is 2.55. The van der Waals surface area contributed by atoms with Crippen molar-refractivity contribution in [3.63, 3.8) is 0 Å². The minimum atomic E-state index is -2.05. The average molecular weight is 714 g/mol. The molecule has 2 unspecified atom stereocenters. The third kappa shape index (κ3) is 7.45. The Balaban J connectivity index is 1.38. The Morgan fingerprint density at radius 1 is 0.880 bits per heavy atom. The number of aliphatic hydroxyl groups is 1. The maximum absolute atomic E-state index is 15.3. The highest BCUT2D eigenvalue weighted by Crippen LogP contribution is 2.54. The van der Waals surface area contributed by atoms with Crippen LogP contribution in [0.3, 0.4) is 0 Å². The molecule has 10 heteroatoms. The summed E-state index contributed by atoms with van der Waals surface area (Å²) in [6.07, 6.45) is -0.770. The molecule has 2 fully saturated rings. The second-order valence-electron chi connectivity index (χ2n) is 13.6. The molecule has 1 saturated heterocycles. The maximum Gasteiger partial charge on any atom is 0.258 e. The number of alkyl halides is 1. The van der Waals surface area contributed by atoms with Crippen molar-refractivity contribution in [1.29, 1.82) is 0 Å². The number of nitrogens with zero attached hydrogens (tertiary/aromatic N) is 1. The summed E-state index contributed by atoms with van der Waals surface area (Å²) in [4.78, 5) is 43.2. The van der Waals surface area contributed by atoms with Gasteiger partial charge in [0.1, 0.15) is 12.1 Å². The third-order valence-corrected chi connectivity index (χ3v) is 11.5. The average Bonchev–Trinajstić information content (AvgIpc) is 3.77. The Morgan fingerprint density at radius 3 is 1.86 bits per heavy atom. The number of benzene rings is 4. The van der Waals surface area contributed by atoms with Crippen LogP contribution in [0.4, 0.5) is 4.39 Å². The van der Waals surface area contributed by atoms with Gasteiger partial charge in [0, 0.05) is 29.3 Å². The lowest BCUT2D eigenvalue weighted by molar-refractivity contribution is -0.143. The highest BCUT2D eigenvalue weighted by atomic mass is 35.5. The fourth-order valence-electron chi connectivity index (χ4n) is 6.66. The molecule has 1 aliphatic heterocycles. The molecule has 3 atom stereocenters. The number of carbonyl (C=O) groups is 3. The van der Waals surface area contributed by atoms with E-state index in [0.29, 0.717) is 5.02 Å². The quantitative estimate of drug-likeness (QED) is 0.148. The first-order valence-electron chi connectivity index (χ1n) is 16.8. The van der Waals surface area contributed by atoms with Gasteiger partial charge in [-0.25, -0.2) is 4.39 Å². The number of halogens is 2. The lowest BCUT2D eigenvalue weighted by atomic mass is 9.84. The standard InChI is InChI=1S/C40H41ClFN3O4S/c1-38(2,50-40(28-12-6-3-7-13-28,29-14-8-4-9-15-29)30-16-10-5-11-17-30)34(44-37(49)39(42)22-23-39)36(48)45-26-32(46)24-33(45)35(47)43-25-27-18-20-31(41)21-19-27/h3-21,32-34,46H,22-26H2,1-2H3,(H,43,47)(H,44,49)/t32?,33?,34-/m1/s1. The van der Waals surface area contributed by atoms with Gasteiger partial charge in [0.15, 0.2) is 5.67 Å². The van der Waals surface area contributed by atoms with E-state index in [1.54, 1.807) is 24.3 Å². The lowest BCUT2D eigenvalue weighted by Gasteiger charge is -2.45. The molecular formula is C40H41ClFN3O4S. The summed E-state index contributed by atoms with van der Waals surface area (Å²) in [5.41, 5.74) is 1.63. The first-order valence-corrected chi connectivity index (χ1v) is 18.0. The second kappa shape index (κ2) is 14.6. The van der Waals surface area contributed by atoms with Crippen LogP contribution in [0.5, 0.6) is 0 Å². The van der Waals surface area contributed by atoms with E-state index < -0.39 is 51.1 Å². The Bertz CT molecular complexity index is 1710. The van der Waals surface area contributed by atoms with Crippen LogP contribution in [0.1, 0.15) is 55.4 Å². The van der Waals surface area contributed by atoms with Crippen molar-refractivity contribution in [3.05, 3.63) is 143 Å². The van der Waals surface area contributed by atoms with Crippen LogP contribution in [0, 0.1) is 0 Å². The Morgan fingerprint density at radius 2 is 1.38 bits per heavy atom. The zero-order valence-electron chi connectivity index (χ0n) is 28.0. The molecule has 2 aliphatic rings. The highest BCUT2D eigenvalue weighted by molar-refractivity contribution is 8.02. The Hall–Kier alpha value is -4.18. The van der Waals surface area contributed by atoms with Gasteiger partial charge in [0.2, 0.25) is 11.8 Å². The fraction of sp³-hybridized carbons (Fsp3) is 0.325. The summed E-state index contributed by atoms with van der Waals surface area (Å²) in [5.74, 6) is -1.85. The summed E-state index contributed by atoms with van der Waals surface area (Å²) >= 11 is 7.49. The van der Waals surface area contributed by atoms with Crippen LogP contribution in [0.15, 0.2) is 115 Å². The summed E-state index contributed by atoms with van der Waals surface area (Å²) in [6.45, 7) is 3.82. The first kappa shape index (κ1) is 35.6. The van der Waals surface area contributed by atoms with E-state index in [1.807, 2.05) is 105 Å². The predicted molar refractivity (Wildman–Crippen MR) is 195 cm³/mol. The maximum atomic E-state index is 15.3. The van der Waals surface area contributed by atoms with Gasteiger partial charge in [-0.15, -0.1) is 11.8 Å². The summed E-state index contributed by atoms with van der Waals surface area (Å²) in [6, 6.07) is 34.6. The topological polar surface area (TPSA) is 98.7 Å². The Labute approximate surface area is 301 Å². The summed E-state index contributed by atoms with van der Waals surface area (Å²) in [7, 11) is 0. The number of likely N-dealkylation sites (tertiary alicyclic amines) is 1. The molecule has 3 N–H and O–H groups in total. The molecule has 6 rings (SSSR count). The van der Waals surface area contributed by atoms with Gasteiger partial charge in [-0.3, -0.25) is 14.4 Å². The SMILES string of the molecule is CC(C)(SC(c1ccccc1)(c1ccccc1)c1ccccc1)[C@H](NC(=O)C1(F)CC1)C(=O)N1CC(O)CC1C(=O)NCc1ccc(Cl)cc1. The second-order valence-corrected chi connectivity index (χ2v) is 15.9. The number of β-amino-alcohol motifs (C(OH)–C–C–N with tert-alkyl or cyclic N) is 1. The number of aliphatic hydroxyl groups excluding tert-OH is 1. The van der Waals surface area contributed by atoms with Crippen LogP contribution in [0.25, 0.3) is 0 Å². The minimum absolute atomic E-state index is 0.0292. The van der Waals surface area contributed by atoms with Gasteiger partial charge in [-0.1, -0.05) is 115 Å². The van der Waals surface area contributed by atoms with E-state index in [0.717, 1.165) is 22.3 Å². The molecular weight excluding hydrogens is 673 g/mol. The normalized spacial score (nSPS) is 19.0. The van der Waals surface area contributed by atoms with Crippen molar-refractivity contribution in [3.8, 4) is 0 Å². The van der Waals surface area contributed by atoms with E-state index >= 15 is 4.39 Å². The zero-order valence-corrected chi connectivity index (χ0v) is 29.6. The van der Waals surface area contributed by atoms with E-state index in [4.69, 9.17) is 11.6 Å². The minimum Gasteiger partial charge on any atom is -0.391 e. The van der Waals surface area contributed by atoms with Crippen LogP contribution in [0.2, 0.25) is 5.02 Å². The molecule has 50 heavy (non-hydrogen) atoms. The number of carbonyl (C=O) groups excluding carboxylic acids is 3. The van der Waals surface area contributed by atoms with Gasteiger partial charge >= 0.3 is 0 Å². The van der Waals surface area contributed by atoms with Gasteiger partial charge in [0.25, 0.3) is 5.91 Å². The molecule has 1 aliphatic carbocycles. The molecule has 260 valence electrons. The number of amides is 3. The molecule has 0 bridgehead atoms. The van der Waals surface area contributed by atoms with Gasteiger partial charge in [-0.2, -0.15) is 0 Å². The molecule has 4 aromatic rings. The fourth-order valence-corrected chi connectivity index (χ4v) is 8.61. The van der Waals surface area contributed by atoms with Gasteiger partial charge in [0.05, 0.1) is 10.9 Å². The zero-order chi connectivity index (χ0) is 35.5. The Kier molecular flexibility index (Phi) is 10.4. The lowest BCUT2D eigenvalue weighted by Crippen LogP contribution is -2.61. The largest absolute Gasteiger partial charge is 0.391 e. The number of hydrogen-bond acceptors (Lipinski definition) is 5. The van der Waals surface area contributed by atoms with Crippen molar-refractivity contribution in [1.82, 2.24) is 15.5 Å². The molecule has 0 spiro atoms. The summed E-state index contributed by atoms with van der Waals surface area (Å²) < 4.78 is 13.3. The summed E-state index contributed by atoms with van der Waals surface area (Å²) in [5, 5.41) is 17.0. The van der Waals surface area contributed by atoms with Crippen molar-refractivity contribution in [2.45, 2.75) is 73.0 Å². The number of hydrogen-bond donors (Lipinski definition) is 3. The monoisotopic (exact) mass is 713 g/mol. The van der Waals surface area contributed by atoms with Gasteiger partial charge in [-0.05, 0) is 61.1 Å². The van der Waals surface area contributed by atoms with E-state index in [1.165, 1.54) is 16.7 Å². The molecule has 7 nitrogen and oxygen atoms in total. The number of rotatable bonds is 12. The molecule has 0 aromatic heterocycles. The van der Waals surface area contributed by atoms with E-state index in [9.17, 15) is 19.5 Å². The first-order chi connectivity index (χ1) is 23.9. The van der Waals surface area contributed by atoms with Crippen molar-refractivity contribution < 1.29 is 23.9 Å². The van der Waals surface area contributed by atoms with E-state index in [2.05, 4.69) is 10.6 Å². The number of nitrogens with one attached hydrogen (secondary N) is 2. The third-order valence-electron chi connectivity index (χ3n) is 9.52. The number of thioether (sulfide) groups is 1. The van der Waals surface area contributed by atoms with Crippen LogP contribution in [-0.4, -0.2) is 62.9 Å². The molecule has 3 amide bonds. The van der Waals surface area contributed by atoms with Crippen molar-refractivity contribution >= 4 is 41.1 Å². The van der Waals surface area contributed by atoms with Crippen LogP contribution < -0.4 is 10.6 Å². The van der Waals surface area contributed by atoms with Crippen molar-refractivity contribution in [2.24, 2.45) is 0 Å². The van der Waals surface area contributed by atoms with Crippen LogP contribution >= 0.6 is 23.4 Å².